The van der Waals surface area contributed by atoms with Gasteiger partial charge in [-0.05, 0) is 47.9 Å². The van der Waals surface area contributed by atoms with E-state index in [1.807, 2.05) is 60.7 Å². The molecule has 0 fully saturated rings. The van der Waals surface area contributed by atoms with Crippen LogP contribution in [-0.2, 0) is 20.6 Å². The fourth-order valence-corrected chi connectivity index (χ4v) is 3.84. The summed E-state index contributed by atoms with van der Waals surface area (Å²) >= 11 is 0. The Balaban J connectivity index is 1.33. The largest absolute Gasteiger partial charge is 0.491 e. The summed E-state index contributed by atoms with van der Waals surface area (Å²) in [6.07, 6.45) is -0.789. The molecule has 0 aliphatic heterocycles. The van der Waals surface area contributed by atoms with Gasteiger partial charge in [-0.1, -0.05) is 48.5 Å². The van der Waals surface area contributed by atoms with Gasteiger partial charge in [0.15, 0.2) is 0 Å². The quantitative estimate of drug-likeness (QED) is 0.445. The molecule has 0 unspecified atom stereocenters. The second-order valence-corrected chi connectivity index (χ2v) is 8.13. The molecule has 1 aromatic heterocycles. The molecule has 0 bridgehead atoms. The van der Waals surface area contributed by atoms with Crippen molar-refractivity contribution < 1.29 is 9.84 Å². The van der Waals surface area contributed by atoms with Crippen LogP contribution in [0.4, 0.5) is 0 Å². The van der Waals surface area contributed by atoms with Crippen molar-refractivity contribution in [3.8, 4) is 5.75 Å². The number of nitrogens with one attached hydrogen (secondary N) is 1. The first-order valence-corrected chi connectivity index (χ1v) is 10.8. The summed E-state index contributed by atoms with van der Waals surface area (Å²) in [6.45, 7) is 3.04. The summed E-state index contributed by atoms with van der Waals surface area (Å²) in [5.41, 5.74) is 4.67. The number of nitrogens with zero attached hydrogens (tertiary/aromatic N) is 2. The first-order chi connectivity index (χ1) is 15.4. The van der Waals surface area contributed by atoms with Crippen molar-refractivity contribution in [3.63, 3.8) is 0 Å². The average Bonchev–Trinajstić information content (AvgIpc) is 3.05. The van der Waals surface area contributed by atoms with Crippen molar-refractivity contribution in [1.82, 2.24) is 14.5 Å². The van der Waals surface area contributed by atoms with Crippen molar-refractivity contribution in [3.05, 3.63) is 100.0 Å². The van der Waals surface area contributed by atoms with Gasteiger partial charge in [0.1, 0.15) is 18.5 Å². The highest BCUT2D eigenvalue weighted by Gasteiger charge is 2.13. The number of rotatable bonds is 8. The lowest BCUT2D eigenvalue weighted by molar-refractivity contribution is 0.108. The highest BCUT2D eigenvalue weighted by atomic mass is 16.5. The zero-order valence-corrected chi connectivity index (χ0v) is 18.7. The van der Waals surface area contributed by atoms with Gasteiger partial charge >= 0.3 is 5.69 Å². The van der Waals surface area contributed by atoms with E-state index in [0.717, 1.165) is 28.7 Å². The maximum atomic E-state index is 12.1. The standard InChI is InChI=1S/C26H29N3O3/c1-18(20-7-5-4-6-8-20)27-16-19-9-12-22(13-10-19)32-17-25(30)21-11-14-23-24(15-21)29(3)26(31)28(23)2/h4-15,18,25,27,30H,16-17H2,1-3H3/t18-,25-/m1/s1. The molecule has 0 saturated heterocycles. The molecule has 0 aliphatic rings. The number of fused-ring (bicyclic) bond motifs is 1. The van der Waals surface area contributed by atoms with E-state index >= 15 is 0 Å². The molecular formula is C26H29N3O3. The molecule has 32 heavy (non-hydrogen) atoms. The van der Waals surface area contributed by atoms with Crippen LogP contribution in [0.1, 0.15) is 35.8 Å². The fourth-order valence-electron chi connectivity index (χ4n) is 3.84. The summed E-state index contributed by atoms with van der Waals surface area (Å²) in [5.74, 6) is 0.706. The molecule has 6 nitrogen and oxygen atoms in total. The number of hydrogen-bond acceptors (Lipinski definition) is 4. The maximum absolute atomic E-state index is 12.1. The van der Waals surface area contributed by atoms with Gasteiger partial charge in [0, 0.05) is 26.7 Å². The molecule has 1 heterocycles. The molecule has 0 saturated carbocycles. The number of ether oxygens (including phenoxy) is 1. The molecule has 0 radical (unpaired) electrons. The van der Waals surface area contributed by atoms with Crippen LogP contribution in [-0.4, -0.2) is 20.8 Å². The highest BCUT2D eigenvalue weighted by Crippen LogP contribution is 2.21. The second-order valence-electron chi connectivity index (χ2n) is 8.13. The Hall–Kier alpha value is -3.35. The van der Waals surface area contributed by atoms with Gasteiger partial charge in [-0.25, -0.2) is 4.79 Å². The number of imidazole rings is 1. The van der Waals surface area contributed by atoms with Gasteiger partial charge in [0.2, 0.25) is 0 Å². The highest BCUT2D eigenvalue weighted by molar-refractivity contribution is 5.77. The topological polar surface area (TPSA) is 68.4 Å². The smallest absolute Gasteiger partial charge is 0.328 e. The Bertz CT molecular complexity index is 1240. The lowest BCUT2D eigenvalue weighted by Gasteiger charge is -2.15. The van der Waals surface area contributed by atoms with Crippen LogP contribution in [0.15, 0.2) is 77.6 Å². The first kappa shape index (κ1) is 21.9. The van der Waals surface area contributed by atoms with Crippen LogP contribution in [0.25, 0.3) is 11.0 Å². The number of benzene rings is 3. The predicted molar refractivity (Wildman–Crippen MR) is 127 cm³/mol. The summed E-state index contributed by atoms with van der Waals surface area (Å²) < 4.78 is 8.98. The first-order valence-electron chi connectivity index (χ1n) is 10.8. The zero-order chi connectivity index (χ0) is 22.7. The Morgan fingerprint density at radius 1 is 0.906 bits per heavy atom. The van der Waals surface area contributed by atoms with Crippen LogP contribution in [0.2, 0.25) is 0 Å². The SMILES string of the molecule is C[C@@H](NCc1ccc(OC[C@@H](O)c2ccc3c(c2)n(C)c(=O)n3C)cc1)c1ccccc1. The second kappa shape index (κ2) is 9.42. The van der Waals surface area contributed by atoms with Crippen LogP contribution in [0, 0.1) is 0 Å². The van der Waals surface area contributed by atoms with Gasteiger partial charge in [0.25, 0.3) is 0 Å². The third-order valence-electron chi connectivity index (χ3n) is 5.92. The summed E-state index contributed by atoms with van der Waals surface area (Å²) in [5, 5.41) is 14.1. The Kier molecular flexibility index (Phi) is 6.44. The molecule has 0 spiro atoms. The van der Waals surface area contributed by atoms with Crippen molar-refractivity contribution in [2.24, 2.45) is 14.1 Å². The lowest BCUT2D eigenvalue weighted by atomic mass is 10.1. The van der Waals surface area contributed by atoms with E-state index in [1.54, 1.807) is 23.2 Å². The van der Waals surface area contributed by atoms with E-state index < -0.39 is 6.10 Å². The fraction of sp³-hybridized carbons (Fsp3) is 0.269. The molecular weight excluding hydrogens is 402 g/mol. The molecule has 166 valence electrons. The van der Waals surface area contributed by atoms with Crippen molar-refractivity contribution >= 4 is 11.0 Å². The van der Waals surface area contributed by atoms with E-state index in [-0.39, 0.29) is 18.3 Å². The van der Waals surface area contributed by atoms with E-state index in [9.17, 15) is 9.90 Å². The third kappa shape index (κ3) is 4.61. The molecule has 3 aromatic carbocycles. The van der Waals surface area contributed by atoms with Crippen LogP contribution >= 0.6 is 0 Å². The minimum absolute atomic E-state index is 0.0874. The normalized spacial score (nSPS) is 13.2. The molecule has 4 aromatic rings. The summed E-state index contributed by atoms with van der Waals surface area (Å²) in [7, 11) is 3.47. The molecule has 6 heteroatoms. The van der Waals surface area contributed by atoms with Gasteiger partial charge in [-0.2, -0.15) is 0 Å². The summed E-state index contributed by atoms with van der Waals surface area (Å²) in [4.78, 5) is 12.1. The van der Waals surface area contributed by atoms with Crippen molar-refractivity contribution in [2.45, 2.75) is 25.6 Å². The number of aliphatic hydroxyl groups excluding tert-OH is 1. The van der Waals surface area contributed by atoms with Gasteiger partial charge in [-0.15, -0.1) is 0 Å². The minimum atomic E-state index is -0.789. The summed E-state index contributed by atoms with van der Waals surface area (Å²) in [6, 6.07) is 24.0. The molecule has 0 aliphatic carbocycles. The van der Waals surface area contributed by atoms with Crippen LogP contribution < -0.4 is 15.7 Å². The molecule has 4 rings (SSSR count). The van der Waals surface area contributed by atoms with Gasteiger partial charge in [-0.3, -0.25) is 9.13 Å². The van der Waals surface area contributed by atoms with Crippen molar-refractivity contribution in [1.29, 1.82) is 0 Å². The Morgan fingerprint density at radius 2 is 1.59 bits per heavy atom. The molecule has 2 atom stereocenters. The van der Waals surface area contributed by atoms with Gasteiger partial charge in [0.05, 0.1) is 11.0 Å². The maximum Gasteiger partial charge on any atom is 0.328 e. The van der Waals surface area contributed by atoms with E-state index in [0.29, 0.717) is 5.75 Å². The van der Waals surface area contributed by atoms with E-state index in [4.69, 9.17) is 4.74 Å². The zero-order valence-electron chi connectivity index (χ0n) is 18.7. The van der Waals surface area contributed by atoms with Gasteiger partial charge < -0.3 is 15.2 Å². The molecule has 2 N–H and O–H groups in total. The van der Waals surface area contributed by atoms with E-state index in [2.05, 4.69) is 24.4 Å². The predicted octanol–water partition coefficient (Wildman–Crippen LogP) is 3.84. The number of aryl methyl sites for hydroxylation is 2. The molecule has 0 amide bonds. The monoisotopic (exact) mass is 431 g/mol. The van der Waals surface area contributed by atoms with Crippen LogP contribution in [0.3, 0.4) is 0 Å². The third-order valence-corrected chi connectivity index (χ3v) is 5.92. The lowest BCUT2D eigenvalue weighted by Crippen LogP contribution is -2.19. The van der Waals surface area contributed by atoms with Crippen molar-refractivity contribution in [2.75, 3.05) is 6.61 Å². The number of hydrogen-bond donors (Lipinski definition) is 2. The van der Waals surface area contributed by atoms with E-state index in [1.165, 1.54) is 5.56 Å². The number of aromatic nitrogens is 2. The number of aliphatic hydroxyl groups is 1. The minimum Gasteiger partial charge on any atom is -0.491 e. The Morgan fingerprint density at radius 3 is 2.31 bits per heavy atom. The average molecular weight is 432 g/mol. The Labute approximate surface area is 187 Å². The van der Waals surface area contributed by atoms with Crippen LogP contribution in [0.5, 0.6) is 5.75 Å².